The van der Waals surface area contributed by atoms with Crippen LogP contribution in [0, 0.1) is 15.5 Å². The van der Waals surface area contributed by atoms with E-state index in [1.807, 2.05) is 0 Å². The lowest BCUT2D eigenvalue weighted by molar-refractivity contribution is -0.385. The lowest BCUT2D eigenvalue weighted by Crippen LogP contribution is -2.17. The first-order valence-electron chi connectivity index (χ1n) is 5.60. The molecule has 2 N–H and O–H groups in total. The number of nitrogens with one attached hydrogen (secondary N) is 1. The van der Waals surface area contributed by atoms with E-state index in [9.17, 15) is 10.1 Å². The van der Waals surface area contributed by atoms with Crippen molar-refractivity contribution in [2.45, 2.75) is 19.3 Å². The molecular formula is C11H15N3O3. The summed E-state index contributed by atoms with van der Waals surface area (Å²) in [6.45, 7) is 0.966. The van der Waals surface area contributed by atoms with Crippen molar-refractivity contribution in [1.82, 2.24) is 4.98 Å². The van der Waals surface area contributed by atoms with Crippen LogP contribution >= 0.6 is 0 Å². The normalized spacial score (nSPS) is 16.5. The van der Waals surface area contributed by atoms with Gasteiger partial charge in [-0.05, 0) is 30.7 Å². The molecule has 0 amide bonds. The largest absolute Gasteiger partial charge is 0.396 e. The molecule has 1 fully saturated rings. The molecule has 0 aromatic carbocycles. The van der Waals surface area contributed by atoms with Gasteiger partial charge in [0.2, 0.25) is 0 Å². The highest BCUT2D eigenvalue weighted by Gasteiger charge is 2.41. The van der Waals surface area contributed by atoms with Gasteiger partial charge in [-0.3, -0.25) is 10.1 Å². The summed E-state index contributed by atoms with van der Waals surface area (Å²) in [6.07, 6.45) is 4.28. The van der Waals surface area contributed by atoms with Gasteiger partial charge in [-0.1, -0.05) is 0 Å². The predicted molar refractivity (Wildman–Crippen MR) is 62.8 cm³/mol. The summed E-state index contributed by atoms with van der Waals surface area (Å²) in [5.74, 6) is 0.639. The predicted octanol–water partition coefficient (Wildman–Crippen LogP) is 1.56. The van der Waals surface area contributed by atoms with Crippen LogP contribution in [-0.4, -0.2) is 28.2 Å². The minimum Gasteiger partial charge on any atom is -0.396 e. The maximum atomic E-state index is 10.4. The smallest absolute Gasteiger partial charge is 0.287 e. The third kappa shape index (κ3) is 2.91. The molecule has 6 nitrogen and oxygen atoms in total. The second-order valence-corrected chi connectivity index (χ2v) is 4.49. The minimum absolute atomic E-state index is 0.00737. The third-order valence-corrected chi connectivity index (χ3v) is 3.20. The fourth-order valence-corrected chi connectivity index (χ4v) is 1.81. The Kier molecular flexibility index (Phi) is 3.23. The molecule has 1 aromatic rings. The van der Waals surface area contributed by atoms with E-state index < -0.39 is 4.92 Å². The maximum Gasteiger partial charge on any atom is 0.287 e. The average Bonchev–Trinajstić information content (AvgIpc) is 3.08. The van der Waals surface area contributed by atoms with Crippen LogP contribution in [-0.2, 0) is 0 Å². The Labute approximate surface area is 98.8 Å². The van der Waals surface area contributed by atoms with Crippen LogP contribution in [0.4, 0.5) is 11.5 Å². The number of nitrogens with zero attached hydrogens (tertiary/aromatic N) is 2. The Bertz CT molecular complexity index is 401. The number of nitro groups is 1. The van der Waals surface area contributed by atoms with Crippen molar-refractivity contribution in [3.05, 3.63) is 28.4 Å². The molecule has 0 bridgehead atoms. The number of anilines is 1. The van der Waals surface area contributed by atoms with Gasteiger partial charge in [0.05, 0.1) is 4.92 Å². The van der Waals surface area contributed by atoms with Crippen molar-refractivity contribution in [1.29, 1.82) is 0 Å². The first-order chi connectivity index (χ1) is 8.15. The SMILES string of the molecule is O=[N+]([O-])c1ccc(NCC2(CCO)CC2)nc1. The molecule has 0 saturated heterocycles. The molecule has 17 heavy (non-hydrogen) atoms. The van der Waals surface area contributed by atoms with Crippen molar-refractivity contribution in [3.8, 4) is 0 Å². The van der Waals surface area contributed by atoms with Crippen LogP contribution < -0.4 is 5.32 Å². The molecule has 1 aromatic heterocycles. The molecule has 1 saturated carbocycles. The van der Waals surface area contributed by atoms with E-state index in [1.165, 1.54) is 12.3 Å². The van der Waals surface area contributed by atoms with Gasteiger partial charge in [0.25, 0.3) is 5.69 Å². The van der Waals surface area contributed by atoms with Gasteiger partial charge in [0, 0.05) is 19.2 Å². The van der Waals surface area contributed by atoms with Crippen molar-refractivity contribution in [2.75, 3.05) is 18.5 Å². The van der Waals surface area contributed by atoms with Gasteiger partial charge >= 0.3 is 0 Å². The molecule has 1 aliphatic carbocycles. The summed E-state index contributed by atoms with van der Waals surface area (Å²) in [5.41, 5.74) is 0.199. The highest BCUT2D eigenvalue weighted by molar-refractivity contribution is 5.40. The average molecular weight is 237 g/mol. The van der Waals surface area contributed by atoms with Crippen molar-refractivity contribution >= 4 is 11.5 Å². The zero-order chi connectivity index (χ0) is 12.3. The van der Waals surface area contributed by atoms with Crippen LogP contribution in [0.2, 0.25) is 0 Å². The molecular weight excluding hydrogens is 222 g/mol. The van der Waals surface area contributed by atoms with Gasteiger partial charge in [0.1, 0.15) is 12.0 Å². The summed E-state index contributed by atoms with van der Waals surface area (Å²) in [4.78, 5) is 14.0. The van der Waals surface area contributed by atoms with Crippen molar-refractivity contribution in [2.24, 2.45) is 5.41 Å². The van der Waals surface area contributed by atoms with Crippen molar-refractivity contribution < 1.29 is 10.0 Å². The summed E-state index contributed by atoms with van der Waals surface area (Å²) in [5, 5.41) is 22.5. The molecule has 0 aliphatic heterocycles. The van der Waals surface area contributed by atoms with Gasteiger partial charge < -0.3 is 10.4 Å². The molecule has 92 valence electrons. The zero-order valence-electron chi connectivity index (χ0n) is 9.43. The van der Waals surface area contributed by atoms with Crippen molar-refractivity contribution in [3.63, 3.8) is 0 Å². The first-order valence-corrected chi connectivity index (χ1v) is 5.60. The number of aliphatic hydroxyl groups excluding tert-OH is 1. The lowest BCUT2D eigenvalue weighted by atomic mass is 10.0. The van der Waals surface area contributed by atoms with E-state index in [1.54, 1.807) is 6.07 Å². The molecule has 1 heterocycles. The zero-order valence-corrected chi connectivity index (χ0v) is 9.43. The standard InChI is InChI=1S/C11H15N3O3/c15-6-5-11(3-4-11)8-13-10-2-1-9(7-12-10)14(16)17/h1-2,7,15H,3-6,8H2,(H,12,13). The van der Waals surface area contributed by atoms with Gasteiger partial charge in [-0.2, -0.15) is 0 Å². The van der Waals surface area contributed by atoms with Crippen LogP contribution in [0.25, 0.3) is 0 Å². The topological polar surface area (TPSA) is 88.3 Å². The first kappa shape index (κ1) is 11.8. The molecule has 0 unspecified atom stereocenters. The van der Waals surface area contributed by atoms with E-state index in [2.05, 4.69) is 10.3 Å². The van der Waals surface area contributed by atoms with Crippen LogP contribution in [0.15, 0.2) is 18.3 Å². The van der Waals surface area contributed by atoms with Gasteiger partial charge in [-0.15, -0.1) is 0 Å². The fourth-order valence-electron chi connectivity index (χ4n) is 1.81. The van der Waals surface area contributed by atoms with E-state index in [-0.39, 0.29) is 17.7 Å². The Morgan fingerprint density at radius 3 is 2.76 bits per heavy atom. The Hall–Kier alpha value is -1.69. The van der Waals surface area contributed by atoms with E-state index in [0.717, 1.165) is 25.8 Å². The Balaban J connectivity index is 1.89. The fraction of sp³-hybridized carbons (Fsp3) is 0.545. The Morgan fingerprint density at radius 2 is 2.29 bits per heavy atom. The molecule has 0 radical (unpaired) electrons. The monoisotopic (exact) mass is 237 g/mol. The van der Waals surface area contributed by atoms with Crippen LogP contribution in [0.1, 0.15) is 19.3 Å². The molecule has 1 aliphatic rings. The second-order valence-electron chi connectivity index (χ2n) is 4.49. The quantitative estimate of drug-likeness (QED) is 0.579. The van der Waals surface area contributed by atoms with Gasteiger partial charge in [0.15, 0.2) is 0 Å². The Morgan fingerprint density at radius 1 is 1.53 bits per heavy atom. The number of pyridine rings is 1. The molecule has 0 atom stereocenters. The lowest BCUT2D eigenvalue weighted by Gasteiger charge is -2.14. The summed E-state index contributed by atoms with van der Waals surface area (Å²) >= 11 is 0. The van der Waals surface area contributed by atoms with E-state index in [4.69, 9.17) is 5.11 Å². The van der Waals surface area contributed by atoms with E-state index in [0.29, 0.717) is 5.82 Å². The number of aliphatic hydroxyl groups is 1. The summed E-state index contributed by atoms with van der Waals surface area (Å²) in [6, 6.07) is 3.04. The summed E-state index contributed by atoms with van der Waals surface area (Å²) < 4.78 is 0. The maximum absolute atomic E-state index is 10.4. The molecule has 2 rings (SSSR count). The number of rotatable bonds is 6. The van der Waals surface area contributed by atoms with Crippen LogP contribution in [0.5, 0.6) is 0 Å². The second kappa shape index (κ2) is 4.67. The number of aromatic nitrogens is 1. The van der Waals surface area contributed by atoms with Crippen LogP contribution in [0.3, 0.4) is 0 Å². The van der Waals surface area contributed by atoms with E-state index >= 15 is 0 Å². The number of hydrogen-bond acceptors (Lipinski definition) is 5. The molecule has 0 spiro atoms. The highest BCUT2D eigenvalue weighted by Crippen LogP contribution is 2.48. The van der Waals surface area contributed by atoms with Gasteiger partial charge in [-0.25, -0.2) is 4.98 Å². The number of hydrogen-bond donors (Lipinski definition) is 2. The minimum atomic E-state index is -0.467. The summed E-state index contributed by atoms with van der Waals surface area (Å²) in [7, 11) is 0. The molecule has 6 heteroatoms. The highest BCUT2D eigenvalue weighted by atomic mass is 16.6. The third-order valence-electron chi connectivity index (χ3n) is 3.20.